The molecule has 3 rings (SSSR count). The van der Waals surface area contributed by atoms with Gasteiger partial charge in [-0.25, -0.2) is 0 Å². The maximum Gasteiger partial charge on any atom is 0.251 e. The molecule has 1 aliphatic heterocycles. The maximum atomic E-state index is 12.2. The number of pyridine rings is 1. The van der Waals surface area contributed by atoms with E-state index in [-0.39, 0.29) is 11.5 Å². The Bertz CT molecular complexity index is 705. The number of aromatic amines is 1. The standard InChI is InChI=1S/C16H18N2O2S/c19-15(18-7-9-21-10-8-18)6-5-13-11-12-3-1-2-4-14(12)17-16(13)20/h1-4,11H,5-10H2,(H,17,20). The zero-order valence-corrected chi connectivity index (χ0v) is 12.6. The molecule has 0 bridgehead atoms. The zero-order valence-electron chi connectivity index (χ0n) is 11.8. The van der Waals surface area contributed by atoms with Crippen molar-refractivity contribution in [1.29, 1.82) is 0 Å². The molecule has 1 aromatic heterocycles. The quantitative estimate of drug-likeness (QED) is 0.944. The summed E-state index contributed by atoms with van der Waals surface area (Å²) >= 11 is 1.89. The Morgan fingerprint density at radius 1 is 1.24 bits per heavy atom. The first-order valence-corrected chi connectivity index (χ1v) is 8.36. The van der Waals surface area contributed by atoms with Gasteiger partial charge in [0.05, 0.1) is 0 Å². The molecule has 0 atom stereocenters. The molecule has 2 heterocycles. The van der Waals surface area contributed by atoms with Gasteiger partial charge in [-0.2, -0.15) is 11.8 Å². The number of para-hydroxylation sites is 1. The van der Waals surface area contributed by atoms with Crippen LogP contribution in [0.5, 0.6) is 0 Å². The molecule has 0 aliphatic carbocycles. The van der Waals surface area contributed by atoms with Crippen LogP contribution in [-0.4, -0.2) is 40.4 Å². The van der Waals surface area contributed by atoms with E-state index in [1.807, 2.05) is 47.0 Å². The van der Waals surface area contributed by atoms with E-state index < -0.39 is 0 Å². The maximum absolute atomic E-state index is 12.2. The molecule has 1 aromatic carbocycles. The average molecular weight is 302 g/mol. The number of thioether (sulfide) groups is 1. The molecule has 0 radical (unpaired) electrons. The Labute approximate surface area is 127 Å². The predicted octanol–water partition coefficient (Wildman–Crippen LogP) is 2.04. The van der Waals surface area contributed by atoms with E-state index in [0.29, 0.717) is 18.4 Å². The van der Waals surface area contributed by atoms with E-state index in [1.54, 1.807) is 0 Å². The van der Waals surface area contributed by atoms with E-state index in [1.165, 1.54) is 0 Å². The predicted molar refractivity (Wildman–Crippen MR) is 86.8 cm³/mol. The second-order valence-corrected chi connectivity index (χ2v) is 6.43. The van der Waals surface area contributed by atoms with Crippen molar-refractivity contribution in [2.24, 2.45) is 0 Å². The highest BCUT2D eigenvalue weighted by Gasteiger charge is 2.16. The van der Waals surface area contributed by atoms with Crippen LogP contribution in [0.2, 0.25) is 0 Å². The van der Waals surface area contributed by atoms with Gasteiger partial charge in [0.2, 0.25) is 5.91 Å². The summed E-state index contributed by atoms with van der Waals surface area (Å²) in [6, 6.07) is 9.60. The third kappa shape index (κ3) is 3.29. The Kier molecular flexibility index (Phi) is 4.29. The molecule has 0 saturated carbocycles. The van der Waals surface area contributed by atoms with E-state index in [9.17, 15) is 9.59 Å². The number of aryl methyl sites for hydroxylation is 1. The average Bonchev–Trinajstić information content (AvgIpc) is 2.53. The lowest BCUT2D eigenvalue weighted by atomic mass is 10.1. The summed E-state index contributed by atoms with van der Waals surface area (Å²) in [5.74, 6) is 2.19. The number of fused-ring (bicyclic) bond motifs is 1. The number of nitrogens with zero attached hydrogens (tertiary/aromatic N) is 1. The van der Waals surface area contributed by atoms with Crippen LogP contribution in [0.4, 0.5) is 0 Å². The summed E-state index contributed by atoms with van der Waals surface area (Å²) < 4.78 is 0. The first-order valence-electron chi connectivity index (χ1n) is 7.20. The minimum atomic E-state index is -0.0873. The summed E-state index contributed by atoms with van der Waals surface area (Å²) in [6.07, 6.45) is 0.911. The number of hydrogen-bond donors (Lipinski definition) is 1. The van der Waals surface area contributed by atoms with E-state index >= 15 is 0 Å². The van der Waals surface area contributed by atoms with Crippen molar-refractivity contribution < 1.29 is 4.79 Å². The Balaban J connectivity index is 1.71. The normalized spacial score (nSPS) is 15.3. The molecular weight excluding hydrogens is 284 g/mol. The highest BCUT2D eigenvalue weighted by Crippen LogP contribution is 2.13. The summed E-state index contributed by atoms with van der Waals surface area (Å²) in [7, 11) is 0. The molecule has 2 aromatic rings. The number of carbonyl (C=O) groups is 1. The van der Waals surface area contributed by atoms with Crippen molar-refractivity contribution in [2.45, 2.75) is 12.8 Å². The topological polar surface area (TPSA) is 53.2 Å². The van der Waals surface area contributed by atoms with Gasteiger partial charge in [-0.1, -0.05) is 18.2 Å². The number of benzene rings is 1. The third-order valence-corrected chi connectivity index (χ3v) is 4.74. The van der Waals surface area contributed by atoms with Crippen LogP contribution in [0.25, 0.3) is 10.9 Å². The molecule has 1 saturated heterocycles. The Morgan fingerprint density at radius 3 is 2.81 bits per heavy atom. The summed E-state index contributed by atoms with van der Waals surface area (Å²) in [6.45, 7) is 1.66. The van der Waals surface area contributed by atoms with Crippen molar-refractivity contribution in [3.8, 4) is 0 Å². The third-order valence-electron chi connectivity index (χ3n) is 3.80. The van der Waals surface area contributed by atoms with E-state index in [4.69, 9.17) is 0 Å². The first kappa shape index (κ1) is 14.2. The number of hydrogen-bond acceptors (Lipinski definition) is 3. The van der Waals surface area contributed by atoms with Crippen LogP contribution < -0.4 is 5.56 Å². The molecule has 1 amide bonds. The van der Waals surface area contributed by atoms with E-state index in [0.717, 1.165) is 35.5 Å². The number of nitrogens with one attached hydrogen (secondary N) is 1. The van der Waals surface area contributed by atoms with Crippen LogP contribution in [0.1, 0.15) is 12.0 Å². The van der Waals surface area contributed by atoms with Gasteiger partial charge in [0.15, 0.2) is 0 Å². The summed E-state index contributed by atoms with van der Waals surface area (Å²) in [5, 5.41) is 1.01. The van der Waals surface area contributed by atoms with Gasteiger partial charge in [0.25, 0.3) is 5.56 Å². The molecule has 0 spiro atoms. The minimum Gasteiger partial charge on any atom is -0.341 e. The zero-order chi connectivity index (χ0) is 14.7. The van der Waals surface area contributed by atoms with Crippen molar-refractivity contribution >= 4 is 28.6 Å². The molecule has 1 N–H and O–H groups in total. The van der Waals surface area contributed by atoms with Crippen molar-refractivity contribution in [3.63, 3.8) is 0 Å². The van der Waals surface area contributed by atoms with Crippen molar-refractivity contribution in [1.82, 2.24) is 9.88 Å². The Morgan fingerprint density at radius 2 is 2.00 bits per heavy atom. The summed E-state index contributed by atoms with van der Waals surface area (Å²) in [5.41, 5.74) is 1.44. The fraction of sp³-hybridized carbons (Fsp3) is 0.375. The lowest BCUT2D eigenvalue weighted by Crippen LogP contribution is -2.38. The molecule has 0 unspecified atom stereocenters. The van der Waals surface area contributed by atoms with Gasteiger partial charge >= 0.3 is 0 Å². The van der Waals surface area contributed by atoms with Gasteiger partial charge < -0.3 is 9.88 Å². The molecule has 1 aliphatic rings. The van der Waals surface area contributed by atoms with Gasteiger partial charge in [-0.3, -0.25) is 9.59 Å². The van der Waals surface area contributed by atoms with Gasteiger partial charge in [0, 0.05) is 42.1 Å². The molecule has 5 heteroatoms. The second-order valence-electron chi connectivity index (χ2n) is 5.20. The molecule has 1 fully saturated rings. The summed E-state index contributed by atoms with van der Waals surface area (Å²) in [4.78, 5) is 29.0. The van der Waals surface area contributed by atoms with Crippen LogP contribution in [0.3, 0.4) is 0 Å². The minimum absolute atomic E-state index is 0.0873. The molecule has 110 valence electrons. The first-order chi connectivity index (χ1) is 10.2. The smallest absolute Gasteiger partial charge is 0.251 e. The fourth-order valence-electron chi connectivity index (χ4n) is 2.59. The fourth-order valence-corrected chi connectivity index (χ4v) is 3.49. The van der Waals surface area contributed by atoms with Gasteiger partial charge in [-0.15, -0.1) is 0 Å². The van der Waals surface area contributed by atoms with Gasteiger partial charge in [-0.05, 0) is 23.9 Å². The lowest BCUT2D eigenvalue weighted by Gasteiger charge is -2.26. The number of aromatic nitrogens is 1. The highest BCUT2D eigenvalue weighted by molar-refractivity contribution is 7.99. The van der Waals surface area contributed by atoms with Crippen LogP contribution >= 0.6 is 11.8 Å². The number of amides is 1. The molecular formula is C16H18N2O2S. The Hall–Kier alpha value is -1.75. The van der Waals surface area contributed by atoms with Crippen LogP contribution in [0.15, 0.2) is 35.1 Å². The number of carbonyl (C=O) groups excluding carboxylic acids is 1. The monoisotopic (exact) mass is 302 g/mol. The van der Waals surface area contributed by atoms with Crippen molar-refractivity contribution in [3.05, 3.63) is 46.2 Å². The number of H-pyrrole nitrogens is 1. The SMILES string of the molecule is O=C(CCc1cc2ccccc2[nH]c1=O)N1CCSCC1. The molecule has 21 heavy (non-hydrogen) atoms. The number of rotatable bonds is 3. The highest BCUT2D eigenvalue weighted by atomic mass is 32.2. The van der Waals surface area contributed by atoms with E-state index in [2.05, 4.69) is 4.98 Å². The second kappa shape index (κ2) is 6.35. The largest absolute Gasteiger partial charge is 0.341 e. The van der Waals surface area contributed by atoms with Crippen LogP contribution in [0, 0.1) is 0 Å². The van der Waals surface area contributed by atoms with Crippen molar-refractivity contribution in [2.75, 3.05) is 24.6 Å². The molecule has 4 nitrogen and oxygen atoms in total. The van der Waals surface area contributed by atoms with Gasteiger partial charge in [0.1, 0.15) is 0 Å². The lowest BCUT2D eigenvalue weighted by molar-refractivity contribution is -0.130. The van der Waals surface area contributed by atoms with Crippen LogP contribution in [-0.2, 0) is 11.2 Å².